The fraction of sp³-hybridized carbons (Fsp3) is 0.100. The molecule has 0 bridgehead atoms. The van der Waals surface area contributed by atoms with Gasteiger partial charge >= 0.3 is 5.97 Å². The van der Waals surface area contributed by atoms with Crippen LogP contribution >= 0.6 is 0 Å². The van der Waals surface area contributed by atoms with Gasteiger partial charge in [0.15, 0.2) is 5.78 Å². The molecule has 0 aliphatic heterocycles. The molecule has 0 spiro atoms. The molecule has 2 aromatic carbocycles. The first-order chi connectivity index (χ1) is 13.4. The van der Waals surface area contributed by atoms with Crippen molar-refractivity contribution in [3.05, 3.63) is 81.4 Å². The third kappa shape index (κ3) is 3.48. The summed E-state index contributed by atoms with van der Waals surface area (Å²) in [6.07, 6.45) is 0. The Balaban J connectivity index is 2.14. The van der Waals surface area contributed by atoms with Gasteiger partial charge in [-0.1, -0.05) is 30.3 Å². The molecule has 3 aromatic rings. The molecule has 8 heteroatoms. The minimum atomic E-state index is -0.761. The Morgan fingerprint density at radius 1 is 1.07 bits per heavy atom. The molecular formula is C20H16N2O6. The van der Waals surface area contributed by atoms with E-state index in [1.54, 1.807) is 37.3 Å². The maximum atomic E-state index is 13.0. The second kappa shape index (κ2) is 7.75. The van der Waals surface area contributed by atoms with Gasteiger partial charge in [-0.25, -0.2) is 4.79 Å². The van der Waals surface area contributed by atoms with Crippen molar-refractivity contribution in [1.29, 1.82) is 0 Å². The van der Waals surface area contributed by atoms with E-state index in [0.29, 0.717) is 5.56 Å². The predicted octanol–water partition coefficient (Wildman–Crippen LogP) is 3.70. The summed E-state index contributed by atoms with van der Waals surface area (Å²) in [4.78, 5) is 38.4. The Kier molecular flexibility index (Phi) is 5.21. The van der Waals surface area contributed by atoms with Crippen molar-refractivity contribution in [2.45, 2.75) is 6.92 Å². The van der Waals surface area contributed by atoms with E-state index in [0.717, 1.165) is 0 Å². The number of nitrogens with zero attached hydrogens (tertiary/aromatic N) is 1. The van der Waals surface area contributed by atoms with Crippen LogP contribution in [0.25, 0.3) is 11.3 Å². The highest BCUT2D eigenvalue weighted by Gasteiger charge is 2.30. The summed E-state index contributed by atoms with van der Waals surface area (Å²) in [5.74, 6) is -1.90. The summed E-state index contributed by atoms with van der Waals surface area (Å²) in [5.41, 5.74) is 0.418. The standard InChI is InChI=1S/C20H16N2O6/c1-2-28-20(25)15-16(18(23)13-8-10-14(11-9-13)22(26)27)19(24)21-17(15)12-6-4-3-5-7-12/h3-11,21,24H,2H2,1H3. The van der Waals surface area contributed by atoms with Crippen molar-refractivity contribution in [3.63, 3.8) is 0 Å². The Labute approximate surface area is 159 Å². The summed E-state index contributed by atoms with van der Waals surface area (Å²) >= 11 is 0. The molecule has 0 atom stereocenters. The molecule has 0 radical (unpaired) electrons. The smallest absolute Gasteiger partial charge is 0.341 e. The van der Waals surface area contributed by atoms with Crippen LogP contribution in [-0.4, -0.2) is 33.4 Å². The Morgan fingerprint density at radius 3 is 2.29 bits per heavy atom. The van der Waals surface area contributed by atoms with E-state index >= 15 is 0 Å². The Bertz CT molecular complexity index is 1040. The molecule has 0 aliphatic rings. The molecular weight excluding hydrogens is 364 g/mol. The first-order valence-electron chi connectivity index (χ1n) is 8.40. The lowest BCUT2D eigenvalue weighted by Gasteiger charge is -2.07. The van der Waals surface area contributed by atoms with E-state index in [9.17, 15) is 24.8 Å². The summed E-state index contributed by atoms with van der Waals surface area (Å²) in [6, 6.07) is 13.6. The van der Waals surface area contributed by atoms with Gasteiger partial charge in [0.25, 0.3) is 5.69 Å². The third-order valence-electron chi connectivity index (χ3n) is 4.09. The summed E-state index contributed by atoms with van der Waals surface area (Å²) in [7, 11) is 0. The van der Waals surface area contributed by atoms with E-state index < -0.39 is 22.6 Å². The lowest BCUT2D eigenvalue weighted by atomic mass is 9.98. The number of hydrogen-bond acceptors (Lipinski definition) is 6. The molecule has 1 heterocycles. The lowest BCUT2D eigenvalue weighted by molar-refractivity contribution is -0.384. The number of nitrogens with one attached hydrogen (secondary N) is 1. The number of carbonyl (C=O) groups excluding carboxylic acids is 2. The zero-order chi connectivity index (χ0) is 20.3. The number of esters is 1. The number of hydrogen-bond donors (Lipinski definition) is 2. The molecule has 28 heavy (non-hydrogen) atoms. The van der Waals surface area contributed by atoms with Gasteiger partial charge in [0.2, 0.25) is 5.88 Å². The highest BCUT2D eigenvalue weighted by Crippen LogP contribution is 2.34. The van der Waals surface area contributed by atoms with Crippen molar-refractivity contribution >= 4 is 17.4 Å². The maximum absolute atomic E-state index is 13.0. The third-order valence-corrected chi connectivity index (χ3v) is 4.09. The van der Waals surface area contributed by atoms with Crippen LogP contribution < -0.4 is 0 Å². The predicted molar refractivity (Wildman–Crippen MR) is 100 cm³/mol. The lowest BCUT2D eigenvalue weighted by Crippen LogP contribution is -2.12. The molecule has 0 saturated carbocycles. The second-order valence-corrected chi connectivity index (χ2v) is 5.82. The monoisotopic (exact) mass is 380 g/mol. The molecule has 1 aromatic heterocycles. The zero-order valence-corrected chi connectivity index (χ0v) is 14.8. The van der Waals surface area contributed by atoms with Crippen molar-refractivity contribution in [2.24, 2.45) is 0 Å². The molecule has 142 valence electrons. The van der Waals surface area contributed by atoms with Gasteiger partial charge in [-0.15, -0.1) is 0 Å². The number of non-ortho nitro benzene ring substituents is 1. The van der Waals surface area contributed by atoms with Crippen LogP contribution in [0.2, 0.25) is 0 Å². The van der Waals surface area contributed by atoms with E-state index in [-0.39, 0.29) is 34.7 Å². The van der Waals surface area contributed by atoms with Crippen LogP contribution in [0.5, 0.6) is 5.88 Å². The van der Waals surface area contributed by atoms with Crippen LogP contribution in [0.1, 0.15) is 33.2 Å². The normalized spacial score (nSPS) is 10.5. The van der Waals surface area contributed by atoms with E-state index in [4.69, 9.17) is 4.74 Å². The number of nitro benzene ring substituents is 1. The maximum Gasteiger partial charge on any atom is 0.341 e. The first kappa shape index (κ1) is 18.8. The number of nitro groups is 1. The number of H-pyrrole nitrogens is 1. The van der Waals surface area contributed by atoms with Gasteiger partial charge < -0.3 is 14.8 Å². The second-order valence-electron chi connectivity index (χ2n) is 5.82. The quantitative estimate of drug-likeness (QED) is 0.291. The van der Waals surface area contributed by atoms with Crippen molar-refractivity contribution < 1.29 is 24.4 Å². The summed E-state index contributed by atoms with van der Waals surface area (Å²) in [6.45, 7) is 1.72. The molecule has 0 unspecified atom stereocenters. The van der Waals surface area contributed by atoms with E-state index in [2.05, 4.69) is 4.98 Å². The van der Waals surface area contributed by atoms with E-state index in [1.165, 1.54) is 24.3 Å². The molecule has 0 amide bonds. The van der Waals surface area contributed by atoms with Gasteiger partial charge in [0.1, 0.15) is 5.56 Å². The number of benzene rings is 2. The number of carbonyl (C=O) groups is 2. The van der Waals surface area contributed by atoms with Gasteiger partial charge in [-0.05, 0) is 24.6 Å². The number of aromatic hydroxyl groups is 1. The van der Waals surface area contributed by atoms with Crippen molar-refractivity contribution in [1.82, 2.24) is 4.98 Å². The average Bonchev–Trinajstić information content (AvgIpc) is 3.05. The number of ether oxygens (including phenoxy) is 1. The highest BCUT2D eigenvalue weighted by molar-refractivity contribution is 6.18. The van der Waals surface area contributed by atoms with Gasteiger partial charge in [0, 0.05) is 17.7 Å². The molecule has 0 aliphatic carbocycles. The Hall–Kier alpha value is -3.94. The summed E-state index contributed by atoms with van der Waals surface area (Å²) in [5, 5.41) is 21.2. The largest absolute Gasteiger partial charge is 0.494 e. The molecule has 0 fully saturated rings. The van der Waals surface area contributed by atoms with Crippen LogP contribution in [0.15, 0.2) is 54.6 Å². The molecule has 3 rings (SSSR count). The van der Waals surface area contributed by atoms with Crippen LogP contribution in [0.4, 0.5) is 5.69 Å². The molecule has 2 N–H and O–H groups in total. The fourth-order valence-electron chi connectivity index (χ4n) is 2.82. The van der Waals surface area contributed by atoms with Crippen LogP contribution in [0, 0.1) is 10.1 Å². The van der Waals surface area contributed by atoms with Gasteiger partial charge in [-0.3, -0.25) is 14.9 Å². The minimum absolute atomic E-state index is 0.0875. The van der Waals surface area contributed by atoms with Gasteiger partial charge in [-0.2, -0.15) is 0 Å². The van der Waals surface area contributed by atoms with Gasteiger partial charge in [0.05, 0.1) is 22.8 Å². The molecule has 0 saturated heterocycles. The number of aromatic nitrogens is 1. The Morgan fingerprint density at radius 2 is 1.71 bits per heavy atom. The van der Waals surface area contributed by atoms with Crippen LogP contribution in [0.3, 0.4) is 0 Å². The minimum Gasteiger partial charge on any atom is -0.494 e. The highest BCUT2D eigenvalue weighted by atomic mass is 16.6. The summed E-state index contributed by atoms with van der Waals surface area (Å²) < 4.78 is 5.07. The zero-order valence-electron chi connectivity index (χ0n) is 14.8. The number of aromatic amines is 1. The topological polar surface area (TPSA) is 123 Å². The SMILES string of the molecule is CCOC(=O)c1c(-c2ccccc2)[nH]c(O)c1C(=O)c1ccc([N+](=O)[O-])cc1. The fourth-order valence-corrected chi connectivity index (χ4v) is 2.82. The number of ketones is 1. The average molecular weight is 380 g/mol. The van der Waals surface area contributed by atoms with Crippen LogP contribution in [-0.2, 0) is 4.74 Å². The van der Waals surface area contributed by atoms with Crippen molar-refractivity contribution in [3.8, 4) is 17.1 Å². The van der Waals surface area contributed by atoms with Crippen molar-refractivity contribution in [2.75, 3.05) is 6.61 Å². The van der Waals surface area contributed by atoms with E-state index in [1.807, 2.05) is 0 Å². The first-order valence-corrected chi connectivity index (χ1v) is 8.40. The number of rotatable bonds is 6. The molecule has 8 nitrogen and oxygen atoms in total.